The van der Waals surface area contributed by atoms with Gasteiger partial charge < -0.3 is 14.2 Å². The zero-order valence-electron chi connectivity index (χ0n) is 16.2. The van der Waals surface area contributed by atoms with Gasteiger partial charge >= 0.3 is 12.6 Å². The second-order valence-corrected chi connectivity index (χ2v) is 8.82. The molecule has 4 bridgehead atoms. The molecule has 0 aromatic heterocycles. The Balaban J connectivity index is 1.42. The van der Waals surface area contributed by atoms with Crippen molar-refractivity contribution in [2.24, 2.45) is 28.2 Å². The minimum Gasteiger partial charge on any atom is -0.493 e. The van der Waals surface area contributed by atoms with E-state index >= 15 is 0 Å². The Morgan fingerprint density at radius 2 is 1.79 bits per heavy atom. The zero-order valence-corrected chi connectivity index (χ0v) is 16.2. The van der Waals surface area contributed by atoms with E-state index in [2.05, 4.69) is 9.73 Å². The van der Waals surface area contributed by atoms with Gasteiger partial charge in [-0.15, -0.1) is 0 Å². The lowest BCUT2D eigenvalue weighted by atomic mass is 9.49. The lowest BCUT2D eigenvalue weighted by Crippen LogP contribution is -2.50. The number of methoxy groups -OCH3 is 1. The van der Waals surface area contributed by atoms with Crippen molar-refractivity contribution in [1.29, 1.82) is 0 Å². The molecular weight excluding hydrogens is 380 g/mol. The van der Waals surface area contributed by atoms with Crippen molar-refractivity contribution in [2.45, 2.75) is 45.1 Å². The highest BCUT2D eigenvalue weighted by Crippen LogP contribution is 2.61. The van der Waals surface area contributed by atoms with Gasteiger partial charge in [-0.2, -0.15) is 8.78 Å². The minimum atomic E-state index is -2.94. The molecule has 4 saturated carbocycles. The molecule has 1 aromatic rings. The summed E-state index contributed by atoms with van der Waals surface area (Å²) in [5, 5.41) is 0. The normalized spacial score (nSPS) is 33.9. The van der Waals surface area contributed by atoms with Crippen LogP contribution in [0.4, 0.5) is 8.78 Å². The largest absolute Gasteiger partial charge is 0.493 e. The third-order valence-corrected chi connectivity index (χ3v) is 6.82. The van der Waals surface area contributed by atoms with E-state index < -0.39 is 12.6 Å². The molecule has 0 amide bonds. The third-order valence-electron chi connectivity index (χ3n) is 6.82. The number of rotatable bonds is 5. The number of cyclic esters (lactones) is 1. The van der Waals surface area contributed by atoms with Crippen molar-refractivity contribution in [3.8, 4) is 11.5 Å². The molecule has 0 spiro atoms. The van der Waals surface area contributed by atoms with E-state index in [1.165, 1.54) is 38.5 Å². The molecule has 0 unspecified atom stereocenters. The summed E-state index contributed by atoms with van der Waals surface area (Å²) < 4.78 is 40.2. The first-order valence-electron chi connectivity index (χ1n) is 10.1. The van der Waals surface area contributed by atoms with Crippen molar-refractivity contribution < 1.29 is 27.8 Å². The number of hydrogen-bond donors (Lipinski definition) is 0. The maximum absolute atomic E-state index is 12.5. The number of ether oxygens (including phenoxy) is 3. The summed E-state index contributed by atoms with van der Waals surface area (Å²) in [4.78, 5) is 17.1. The molecule has 6 rings (SSSR count). The number of carbonyl (C=O) groups is 1. The van der Waals surface area contributed by atoms with E-state index in [1.807, 2.05) is 0 Å². The van der Waals surface area contributed by atoms with Crippen molar-refractivity contribution in [2.75, 3.05) is 7.11 Å². The summed E-state index contributed by atoms with van der Waals surface area (Å²) in [5.74, 6) is 2.40. The monoisotopic (exact) mass is 403 g/mol. The summed E-state index contributed by atoms with van der Waals surface area (Å²) in [6.07, 6.45) is 8.69. The number of nitrogens with zero attached hydrogens (tertiary/aromatic N) is 1. The van der Waals surface area contributed by atoms with Crippen LogP contribution in [0.15, 0.2) is 28.9 Å². The van der Waals surface area contributed by atoms with Crippen molar-refractivity contribution >= 4 is 17.9 Å². The lowest BCUT2D eigenvalue weighted by molar-refractivity contribution is -0.131. The Labute approximate surface area is 167 Å². The van der Waals surface area contributed by atoms with Gasteiger partial charge in [0, 0.05) is 5.41 Å². The van der Waals surface area contributed by atoms with Gasteiger partial charge in [-0.3, -0.25) is 0 Å². The molecule has 5 aliphatic rings. The molecule has 1 aliphatic heterocycles. The summed E-state index contributed by atoms with van der Waals surface area (Å²) in [7, 11) is 1.37. The van der Waals surface area contributed by atoms with Gasteiger partial charge in [0.2, 0.25) is 5.90 Å². The van der Waals surface area contributed by atoms with Crippen LogP contribution in [0.1, 0.15) is 44.1 Å². The fraction of sp³-hybridized carbons (Fsp3) is 0.545. The highest BCUT2D eigenvalue weighted by atomic mass is 19.3. The molecule has 4 aliphatic carbocycles. The molecule has 5 nitrogen and oxygen atoms in total. The number of halogens is 2. The van der Waals surface area contributed by atoms with Gasteiger partial charge in [0.15, 0.2) is 17.2 Å². The Morgan fingerprint density at radius 3 is 2.38 bits per heavy atom. The van der Waals surface area contributed by atoms with Crippen LogP contribution in [0.2, 0.25) is 0 Å². The minimum absolute atomic E-state index is 0.0589. The summed E-state index contributed by atoms with van der Waals surface area (Å²) in [6, 6.07) is 4.51. The fourth-order valence-electron chi connectivity index (χ4n) is 6.13. The topological polar surface area (TPSA) is 57.1 Å². The quantitative estimate of drug-likeness (QED) is 0.523. The van der Waals surface area contributed by atoms with Crippen LogP contribution in [0.3, 0.4) is 0 Å². The molecule has 0 saturated heterocycles. The van der Waals surface area contributed by atoms with Gasteiger partial charge in [0.05, 0.1) is 7.11 Å². The Bertz CT molecular complexity index is 873. The van der Waals surface area contributed by atoms with Gasteiger partial charge in [-0.05, 0) is 80.1 Å². The van der Waals surface area contributed by atoms with Gasteiger partial charge in [0.25, 0.3) is 0 Å². The standard InChI is InChI=1S/C22H23F2NO4/c1-27-18-8-12(2-3-17(18)28-21(23)24)7-16-19(26)29-20(25-16)22-9-13-4-14(10-22)6-15(5-13)11-22/h2-3,7-8,13-15,21H,4-6,9-11H2,1H3/b16-7-. The highest BCUT2D eigenvalue weighted by molar-refractivity contribution is 6.09. The Kier molecular flexibility index (Phi) is 4.37. The third kappa shape index (κ3) is 3.30. The van der Waals surface area contributed by atoms with Gasteiger partial charge in [-0.1, -0.05) is 6.07 Å². The molecule has 29 heavy (non-hydrogen) atoms. The first kappa shape index (κ1) is 18.6. The SMILES string of the molecule is COc1cc(/C=C2\N=C(C34CC5CC(CC(C5)C3)C4)OC2=O)ccc1OC(F)F. The van der Waals surface area contributed by atoms with Crippen LogP contribution in [-0.2, 0) is 9.53 Å². The van der Waals surface area contributed by atoms with Crippen LogP contribution in [0.25, 0.3) is 6.08 Å². The molecular formula is C22H23F2NO4. The van der Waals surface area contributed by atoms with Crippen molar-refractivity contribution in [3.05, 3.63) is 29.5 Å². The predicted molar refractivity (Wildman–Crippen MR) is 102 cm³/mol. The Hall–Kier alpha value is -2.44. The van der Waals surface area contributed by atoms with Crippen LogP contribution in [-0.4, -0.2) is 25.6 Å². The fourth-order valence-corrected chi connectivity index (χ4v) is 6.13. The van der Waals surface area contributed by atoms with Gasteiger partial charge in [-0.25, -0.2) is 9.79 Å². The second-order valence-electron chi connectivity index (χ2n) is 8.82. The lowest BCUT2D eigenvalue weighted by Gasteiger charge is -2.55. The highest BCUT2D eigenvalue weighted by Gasteiger charge is 2.55. The van der Waals surface area contributed by atoms with E-state index in [-0.39, 0.29) is 22.6 Å². The van der Waals surface area contributed by atoms with E-state index in [9.17, 15) is 13.6 Å². The number of esters is 1. The average Bonchev–Trinajstić information content (AvgIpc) is 3.03. The van der Waals surface area contributed by atoms with E-state index in [0.29, 0.717) is 11.5 Å². The molecule has 154 valence electrons. The maximum atomic E-state index is 12.5. The van der Waals surface area contributed by atoms with Crippen molar-refractivity contribution in [1.82, 2.24) is 0 Å². The number of hydrogen-bond acceptors (Lipinski definition) is 5. The molecule has 4 fully saturated rings. The maximum Gasteiger partial charge on any atom is 0.387 e. The molecule has 0 radical (unpaired) electrons. The summed E-state index contributed by atoms with van der Waals surface area (Å²) >= 11 is 0. The van der Waals surface area contributed by atoms with Crippen molar-refractivity contribution in [3.63, 3.8) is 0 Å². The summed E-state index contributed by atoms with van der Waals surface area (Å²) in [6.45, 7) is -2.94. The van der Waals surface area contributed by atoms with Crippen LogP contribution >= 0.6 is 0 Å². The number of carbonyl (C=O) groups excluding carboxylic acids is 1. The first-order chi connectivity index (χ1) is 13.9. The number of alkyl halides is 2. The molecule has 1 aromatic carbocycles. The zero-order chi connectivity index (χ0) is 20.2. The molecule has 0 atom stereocenters. The smallest absolute Gasteiger partial charge is 0.387 e. The second kappa shape index (κ2) is 6.82. The van der Waals surface area contributed by atoms with Gasteiger partial charge in [0.1, 0.15) is 0 Å². The first-order valence-corrected chi connectivity index (χ1v) is 10.1. The van der Waals surface area contributed by atoms with E-state index in [4.69, 9.17) is 9.47 Å². The summed E-state index contributed by atoms with van der Waals surface area (Å²) in [5.41, 5.74) is 0.749. The van der Waals surface area contributed by atoms with Crippen LogP contribution in [0, 0.1) is 23.2 Å². The van der Waals surface area contributed by atoms with Crippen LogP contribution in [0.5, 0.6) is 11.5 Å². The predicted octanol–water partition coefficient (Wildman–Crippen LogP) is 4.81. The van der Waals surface area contributed by atoms with E-state index in [0.717, 1.165) is 37.0 Å². The molecule has 7 heteroatoms. The molecule has 1 heterocycles. The molecule has 0 N–H and O–H groups in total. The number of aliphatic imine (C=N–C) groups is 1. The number of benzene rings is 1. The Morgan fingerprint density at radius 1 is 1.14 bits per heavy atom. The van der Waals surface area contributed by atoms with Crippen LogP contribution < -0.4 is 9.47 Å². The average molecular weight is 403 g/mol. The van der Waals surface area contributed by atoms with E-state index in [1.54, 1.807) is 12.1 Å².